The Morgan fingerprint density at radius 1 is 1.36 bits per heavy atom. The van der Waals surface area contributed by atoms with Gasteiger partial charge in [-0.3, -0.25) is 0 Å². The van der Waals surface area contributed by atoms with Crippen molar-refractivity contribution in [1.29, 1.82) is 0 Å². The minimum Gasteiger partial charge on any atom is -0.458 e. The number of halogens is 1. The lowest BCUT2D eigenvalue weighted by atomic mass is 10.2. The zero-order chi connectivity index (χ0) is 10.6. The highest BCUT2D eigenvalue weighted by Crippen LogP contribution is 2.19. The Balaban J connectivity index is 2.70. The predicted molar refractivity (Wildman–Crippen MR) is 60.7 cm³/mol. The molecule has 14 heavy (non-hydrogen) atoms. The monoisotopic (exact) mass is 208 g/mol. The molecular weight excluding hydrogens is 196 g/mol. The Bertz CT molecular complexity index is 349. The first-order valence-corrected chi connectivity index (χ1v) is 4.77. The van der Waals surface area contributed by atoms with Gasteiger partial charge in [0.25, 0.3) is 0 Å². The van der Waals surface area contributed by atoms with E-state index in [0.29, 0.717) is 10.8 Å². The first kappa shape index (κ1) is 10.9. The molecule has 74 valence electrons. The molecule has 0 unspecified atom stereocenters. The van der Waals surface area contributed by atoms with Crippen molar-refractivity contribution in [3.63, 3.8) is 0 Å². The van der Waals surface area contributed by atoms with Crippen LogP contribution in [0.2, 0.25) is 5.02 Å². The molecule has 0 radical (unpaired) electrons. The number of hydrogen-bond acceptors (Lipinski definition) is 1. The maximum atomic E-state index is 5.75. The van der Waals surface area contributed by atoms with Gasteiger partial charge >= 0.3 is 0 Å². The summed E-state index contributed by atoms with van der Waals surface area (Å²) in [6.45, 7) is 7.73. The summed E-state index contributed by atoms with van der Waals surface area (Å²) >= 11 is 5.75. The Labute approximate surface area is 89.7 Å². The molecule has 1 nitrogen and oxygen atoms in total. The standard InChI is InChI=1S/C12H13ClO/c1-4-9(2)10(3)14-12-7-5-11(13)6-8-12/h4-8H,3H2,1-2H3/b9-4+. The van der Waals surface area contributed by atoms with Crippen LogP contribution in [-0.2, 0) is 0 Å². The van der Waals surface area contributed by atoms with E-state index in [1.807, 2.05) is 32.1 Å². The van der Waals surface area contributed by atoms with Crippen LogP contribution in [0.15, 0.2) is 48.3 Å². The lowest BCUT2D eigenvalue weighted by molar-refractivity contribution is 0.438. The lowest BCUT2D eigenvalue weighted by Gasteiger charge is -2.08. The first-order chi connectivity index (χ1) is 6.63. The molecule has 0 aliphatic rings. The van der Waals surface area contributed by atoms with Crippen LogP contribution in [0.3, 0.4) is 0 Å². The lowest BCUT2D eigenvalue weighted by Crippen LogP contribution is -1.94. The van der Waals surface area contributed by atoms with Crippen molar-refractivity contribution in [1.82, 2.24) is 0 Å². The third kappa shape index (κ3) is 2.93. The third-order valence-corrected chi connectivity index (χ3v) is 2.18. The summed E-state index contributed by atoms with van der Waals surface area (Å²) in [5, 5.41) is 0.700. The predicted octanol–water partition coefficient (Wildman–Crippen LogP) is 4.20. The van der Waals surface area contributed by atoms with E-state index in [-0.39, 0.29) is 0 Å². The van der Waals surface area contributed by atoms with Gasteiger partial charge in [0.2, 0.25) is 0 Å². The Hall–Kier alpha value is -1.21. The fourth-order valence-electron chi connectivity index (χ4n) is 0.886. The number of hydrogen-bond donors (Lipinski definition) is 0. The maximum Gasteiger partial charge on any atom is 0.127 e. The molecule has 0 saturated heterocycles. The van der Waals surface area contributed by atoms with Crippen LogP contribution in [0.1, 0.15) is 13.8 Å². The van der Waals surface area contributed by atoms with E-state index in [4.69, 9.17) is 16.3 Å². The van der Waals surface area contributed by atoms with E-state index in [2.05, 4.69) is 6.58 Å². The van der Waals surface area contributed by atoms with Gasteiger partial charge in [-0.2, -0.15) is 0 Å². The van der Waals surface area contributed by atoms with Crippen molar-refractivity contribution in [2.24, 2.45) is 0 Å². The molecule has 0 atom stereocenters. The summed E-state index contributed by atoms with van der Waals surface area (Å²) in [7, 11) is 0. The molecule has 0 spiro atoms. The molecule has 0 amide bonds. The van der Waals surface area contributed by atoms with Gasteiger partial charge in [0.1, 0.15) is 11.5 Å². The summed E-state index contributed by atoms with van der Waals surface area (Å²) in [5.41, 5.74) is 1.03. The quantitative estimate of drug-likeness (QED) is 0.535. The molecule has 0 aliphatic heterocycles. The Morgan fingerprint density at radius 2 is 1.93 bits per heavy atom. The minimum atomic E-state index is 0.662. The average Bonchev–Trinajstić information content (AvgIpc) is 2.20. The largest absolute Gasteiger partial charge is 0.458 e. The second-order valence-electron chi connectivity index (χ2n) is 2.95. The van der Waals surface area contributed by atoms with E-state index in [9.17, 15) is 0 Å². The van der Waals surface area contributed by atoms with Crippen molar-refractivity contribution in [3.05, 3.63) is 53.3 Å². The van der Waals surface area contributed by atoms with Crippen LogP contribution < -0.4 is 4.74 Å². The molecule has 0 fully saturated rings. The van der Waals surface area contributed by atoms with Crippen LogP contribution >= 0.6 is 11.6 Å². The molecular formula is C12H13ClO. The molecule has 2 heteroatoms. The minimum absolute atomic E-state index is 0.662. The van der Waals surface area contributed by atoms with Gasteiger partial charge in [0.15, 0.2) is 0 Å². The van der Waals surface area contributed by atoms with Crippen LogP contribution in [0.5, 0.6) is 5.75 Å². The van der Waals surface area contributed by atoms with Crippen molar-refractivity contribution in [2.75, 3.05) is 0 Å². The van der Waals surface area contributed by atoms with Crippen LogP contribution in [0.4, 0.5) is 0 Å². The first-order valence-electron chi connectivity index (χ1n) is 4.39. The van der Waals surface area contributed by atoms with Gasteiger partial charge in [-0.05, 0) is 43.7 Å². The van der Waals surface area contributed by atoms with Gasteiger partial charge in [-0.1, -0.05) is 24.3 Å². The second-order valence-corrected chi connectivity index (χ2v) is 3.39. The summed E-state index contributed by atoms with van der Waals surface area (Å²) in [5.74, 6) is 1.41. The highest BCUT2D eigenvalue weighted by molar-refractivity contribution is 6.30. The van der Waals surface area contributed by atoms with Crippen LogP contribution in [0.25, 0.3) is 0 Å². The maximum absolute atomic E-state index is 5.75. The summed E-state index contributed by atoms with van der Waals surface area (Å²) in [6, 6.07) is 7.21. The molecule has 1 rings (SSSR count). The highest BCUT2D eigenvalue weighted by atomic mass is 35.5. The SMILES string of the molecule is C=C(Oc1ccc(Cl)cc1)/C(C)=C/C. The highest BCUT2D eigenvalue weighted by Gasteiger charge is 1.99. The van der Waals surface area contributed by atoms with Crippen molar-refractivity contribution in [3.8, 4) is 5.75 Å². The van der Waals surface area contributed by atoms with Gasteiger partial charge in [-0.25, -0.2) is 0 Å². The zero-order valence-electron chi connectivity index (χ0n) is 8.38. The van der Waals surface area contributed by atoms with Crippen LogP contribution in [-0.4, -0.2) is 0 Å². The van der Waals surface area contributed by atoms with Gasteiger partial charge in [0.05, 0.1) is 0 Å². The van der Waals surface area contributed by atoms with E-state index >= 15 is 0 Å². The van der Waals surface area contributed by atoms with Gasteiger partial charge in [-0.15, -0.1) is 0 Å². The average molecular weight is 209 g/mol. The number of rotatable bonds is 3. The van der Waals surface area contributed by atoms with Crippen molar-refractivity contribution in [2.45, 2.75) is 13.8 Å². The molecule has 0 N–H and O–H groups in total. The second kappa shape index (κ2) is 4.87. The third-order valence-electron chi connectivity index (χ3n) is 1.93. The van der Waals surface area contributed by atoms with E-state index < -0.39 is 0 Å². The van der Waals surface area contributed by atoms with E-state index in [1.54, 1.807) is 12.1 Å². The van der Waals surface area contributed by atoms with E-state index in [0.717, 1.165) is 11.3 Å². The molecule has 1 aromatic rings. The molecule has 1 aromatic carbocycles. The van der Waals surface area contributed by atoms with Crippen LogP contribution in [0, 0.1) is 0 Å². The van der Waals surface area contributed by atoms with Crippen molar-refractivity contribution >= 4 is 11.6 Å². The number of ether oxygens (including phenoxy) is 1. The zero-order valence-corrected chi connectivity index (χ0v) is 9.14. The van der Waals surface area contributed by atoms with Crippen molar-refractivity contribution < 1.29 is 4.74 Å². The van der Waals surface area contributed by atoms with Gasteiger partial charge < -0.3 is 4.74 Å². The summed E-state index contributed by atoms with van der Waals surface area (Å²) in [4.78, 5) is 0. The summed E-state index contributed by atoms with van der Waals surface area (Å²) in [6.07, 6.45) is 1.96. The molecule has 0 heterocycles. The molecule has 0 aromatic heterocycles. The molecule has 0 aliphatic carbocycles. The normalized spacial score (nSPS) is 11.2. The molecule has 0 bridgehead atoms. The smallest absolute Gasteiger partial charge is 0.127 e. The topological polar surface area (TPSA) is 9.23 Å². The number of benzene rings is 1. The van der Waals surface area contributed by atoms with E-state index in [1.165, 1.54) is 0 Å². The fraction of sp³-hybridized carbons (Fsp3) is 0.167. The number of allylic oxidation sites excluding steroid dienone is 2. The van der Waals surface area contributed by atoms with Gasteiger partial charge in [0, 0.05) is 5.02 Å². The molecule has 0 saturated carbocycles. The summed E-state index contributed by atoms with van der Waals surface area (Å²) < 4.78 is 5.50. The fourth-order valence-corrected chi connectivity index (χ4v) is 1.01. The Morgan fingerprint density at radius 3 is 2.43 bits per heavy atom. The Kier molecular flexibility index (Phi) is 3.78.